The Kier molecular flexibility index (Phi) is 6.66. The SMILES string of the molecule is CC1(c2ccccc2)C(=O)N([Si](c2ccccc2)(c2ccccc2)c2ccccc2)C(=O)N1Cc1ccccc1. The normalized spacial score (nSPS) is 17.3. The topological polar surface area (TPSA) is 40.6 Å². The molecule has 5 aromatic carbocycles. The monoisotopic (exact) mass is 538 g/mol. The van der Waals surface area contributed by atoms with Crippen molar-refractivity contribution in [1.29, 1.82) is 0 Å². The average Bonchev–Trinajstić information content (AvgIpc) is 3.21. The van der Waals surface area contributed by atoms with Crippen LogP contribution in [0.2, 0.25) is 0 Å². The molecule has 1 saturated heterocycles. The van der Waals surface area contributed by atoms with Crippen molar-refractivity contribution in [1.82, 2.24) is 9.47 Å². The summed E-state index contributed by atoms with van der Waals surface area (Å²) in [6.07, 6.45) is 0. The molecule has 0 bridgehead atoms. The van der Waals surface area contributed by atoms with Crippen LogP contribution in [0, 0.1) is 0 Å². The molecule has 6 rings (SSSR count). The Hall–Kier alpha value is -4.74. The summed E-state index contributed by atoms with van der Waals surface area (Å²) < 4.78 is 1.64. The fourth-order valence-electron chi connectivity index (χ4n) is 5.99. The first-order valence-electron chi connectivity index (χ1n) is 13.5. The standard InChI is InChI=1S/C35H30N2O2Si/c1-35(29-19-9-3-10-20-29)33(38)37(34(39)36(35)27-28-17-7-2-8-18-28)40(30-21-11-4-12-22-30,31-23-13-5-14-24-31)32-25-15-6-16-26-32/h2-26H,27H2,1H3. The summed E-state index contributed by atoms with van der Waals surface area (Å²) in [7, 11) is -3.41. The van der Waals surface area contributed by atoms with Gasteiger partial charge in [0, 0.05) is 6.54 Å². The maximum Gasteiger partial charge on any atom is 0.320 e. The third kappa shape index (κ3) is 3.98. The highest BCUT2D eigenvalue weighted by atomic mass is 28.3. The second-order valence-electron chi connectivity index (χ2n) is 10.2. The lowest BCUT2D eigenvalue weighted by Gasteiger charge is -2.39. The van der Waals surface area contributed by atoms with Crippen molar-refractivity contribution in [3.8, 4) is 0 Å². The van der Waals surface area contributed by atoms with E-state index in [0.29, 0.717) is 6.54 Å². The molecule has 1 aliphatic heterocycles. The Morgan fingerprint density at radius 3 is 1.35 bits per heavy atom. The Morgan fingerprint density at radius 2 is 0.925 bits per heavy atom. The van der Waals surface area contributed by atoms with Crippen molar-refractivity contribution in [2.75, 3.05) is 0 Å². The lowest BCUT2D eigenvalue weighted by atomic mass is 9.90. The van der Waals surface area contributed by atoms with Gasteiger partial charge < -0.3 is 4.90 Å². The lowest BCUT2D eigenvalue weighted by molar-refractivity contribution is -0.130. The Morgan fingerprint density at radius 1 is 0.550 bits per heavy atom. The van der Waals surface area contributed by atoms with Crippen LogP contribution in [0.25, 0.3) is 0 Å². The Bertz CT molecular complexity index is 1520. The molecule has 0 saturated carbocycles. The highest BCUT2D eigenvalue weighted by Crippen LogP contribution is 2.40. The van der Waals surface area contributed by atoms with Crippen molar-refractivity contribution in [2.24, 2.45) is 0 Å². The Labute approximate surface area is 236 Å². The van der Waals surface area contributed by atoms with Crippen LogP contribution < -0.4 is 15.6 Å². The van der Waals surface area contributed by atoms with Crippen molar-refractivity contribution < 1.29 is 9.59 Å². The predicted molar refractivity (Wildman–Crippen MR) is 162 cm³/mol. The van der Waals surface area contributed by atoms with Gasteiger partial charge in [-0.25, -0.2) is 4.79 Å². The fourth-order valence-corrected chi connectivity index (χ4v) is 10.7. The van der Waals surface area contributed by atoms with Crippen LogP contribution in [0.3, 0.4) is 0 Å². The fraction of sp³-hybridized carbons (Fsp3) is 0.0857. The van der Waals surface area contributed by atoms with Gasteiger partial charge in [0.1, 0.15) is 5.54 Å². The zero-order chi connectivity index (χ0) is 27.6. The highest BCUT2D eigenvalue weighted by Gasteiger charge is 2.63. The van der Waals surface area contributed by atoms with Crippen molar-refractivity contribution >= 4 is 35.7 Å². The summed E-state index contributed by atoms with van der Waals surface area (Å²) in [6, 6.07) is 49.6. The minimum absolute atomic E-state index is 0.206. The second kappa shape index (κ2) is 10.4. The zero-order valence-electron chi connectivity index (χ0n) is 22.4. The molecule has 196 valence electrons. The minimum atomic E-state index is -3.41. The molecule has 1 unspecified atom stereocenters. The zero-order valence-corrected chi connectivity index (χ0v) is 23.4. The van der Waals surface area contributed by atoms with Gasteiger partial charge in [0.15, 0.2) is 0 Å². The largest absolute Gasteiger partial charge is 0.320 e. The molecule has 0 radical (unpaired) electrons. The number of rotatable bonds is 7. The second-order valence-corrected chi connectivity index (χ2v) is 13.8. The summed E-state index contributed by atoms with van der Waals surface area (Å²) in [5, 5.41) is 2.93. The molecule has 0 aliphatic carbocycles. The number of hydrogen-bond acceptors (Lipinski definition) is 2. The van der Waals surface area contributed by atoms with Gasteiger partial charge in [0.2, 0.25) is 0 Å². The molecule has 40 heavy (non-hydrogen) atoms. The molecule has 0 aromatic heterocycles. The molecule has 0 N–H and O–H groups in total. The van der Waals surface area contributed by atoms with Gasteiger partial charge in [0.25, 0.3) is 14.1 Å². The number of carbonyl (C=O) groups is 2. The van der Waals surface area contributed by atoms with E-state index in [1.165, 1.54) is 0 Å². The van der Waals surface area contributed by atoms with E-state index in [4.69, 9.17) is 0 Å². The van der Waals surface area contributed by atoms with Gasteiger partial charge in [0.05, 0.1) is 0 Å². The van der Waals surface area contributed by atoms with Gasteiger partial charge in [-0.3, -0.25) is 9.36 Å². The third-order valence-corrected chi connectivity index (χ3v) is 12.6. The molecule has 5 heteroatoms. The number of benzene rings is 5. The van der Waals surface area contributed by atoms with Crippen LogP contribution >= 0.6 is 0 Å². The van der Waals surface area contributed by atoms with Gasteiger partial charge in [-0.15, -0.1) is 0 Å². The van der Waals surface area contributed by atoms with Crippen molar-refractivity contribution in [2.45, 2.75) is 19.0 Å². The molecular formula is C35H30N2O2Si. The summed E-state index contributed by atoms with van der Waals surface area (Å²) in [6.45, 7) is 2.21. The van der Waals surface area contributed by atoms with Crippen LogP contribution in [0.15, 0.2) is 152 Å². The number of imide groups is 1. The van der Waals surface area contributed by atoms with E-state index in [1.807, 2.05) is 122 Å². The number of nitrogens with zero attached hydrogens (tertiary/aromatic N) is 2. The predicted octanol–water partition coefficient (Wildman–Crippen LogP) is 5.03. The first kappa shape index (κ1) is 25.5. The van der Waals surface area contributed by atoms with Crippen LogP contribution in [0.4, 0.5) is 4.79 Å². The molecule has 4 nitrogen and oxygen atoms in total. The van der Waals surface area contributed by atoms with Crippen LogP contribution in [0.5, 0.6) is 0 Å². The molecule has 1 heterocycles. The van der Waals surface area contributed by atoms with Gasteiger partial charge in [-0.2, -0.15) is 0 Å². The van der Waals surface area contributed by atoms with E-state index >= 15 is 4.79 Å². The minimum Gasteiger partial charge on any atom is -0.302 e. The van der Waals surface area contributed by atoms with Gasteiger partial charge >= 0.3 is 6.03 Å². The molecule has 1 aliphatic rings. The summed E-state index contributed by atoms with van der Waals surface area (Å²) in [5.74, 6) is -0.206. The van der Waals surface area contributed by atoms with E-state index in [9.17, 15) is 4.79 Å². The molecule has 1 atom stereocenters. The number of urea groups is 1. The Balaban J connectivity index is 1.66. The number of hydrogen-bond donors (Lipinski definition) is 0. The maximum absolute atomic E-state index is 15.1. The first-order valence-corrected chi connectivity index (χ1v) is 15.4. The quantitative estimate of drug-likeness (QED) is 0.166. The molecule has 1 fully saturated rings. The smallest absolute Gasteiger partial charge is 0.302 e. The number of carbonyl (C=O) groups excluding carboxylic acids is 2. The van der Waals surface area contributed by atoms with Gasteiger partial charge in [-0.05, 0) is 33.6 Å². The molecule has 0 spiro atoms. The number of amides is 3. The lowest BCUT2D eigenvalue weighted by Crippen LogP contribution is -2.78. The third-order valence-electron chi connectivity index (χ3n) is 8.01. The van der Waals surface area contributed by atoms with Crippen LogP contribution in [-0.2, 0) is 16.9 Å². The van der Waals surface area contributed by atoms with Gasteiger partial charge in [-0.1, -0.05) is 152 Å². The van der Waals surface area contributed by atoms with Crippen LogP contribution in [-0.4, -0.2) is 29.6 Å². The summed E-state index contributed by atoms with van der Waals surface area (Å²) in [5.41, 5.74) is 0.577. The highest BCUT2D eigenvalue weighted by molar-refractivity contribution is 7.11. The first-order chi connectivity index (χ1) is 19.6. The van der Waals surface area contributed by atoms with E-state index in [2.05, 4.69) is 36.4 Å². The van der Waals surface area contributed by atoms with Crippen LogP contribution in [0.1, 0.15) is 18.1 Å². The van der Waals surface area contributed by atoms with E-state index in [0.717, 1.165) is 26.7 Å². The molecule has 5 aromatic rings. The summed E-state index contributed by atoms with van der Waals surface area (Å²) >= 11 is 0. The maximum atomic E-state index is 15.1. The van der Waals surface area contributed by atoms with E-state index < -0.39 is 13.8 Å². The van der Waals surface area contributed by atoms with E-state index in [1.54, 1.807) is 9.47 Å². The van der Waals surface area contributed by atoms with Crippen molar-refractivity contribution in [3.05, 3.63) is 163 Å². The average molecular weight is 539 g/mol. The summed E-state index contributed by atoms with van der Waals surface area (Å²) in [4.78, 5) is 31.8. The molecule has 3 amide bonds. The van der Waals surface area contributed by atoms with Crippen molar-refractivity contribution in [3.63, 3.8) is 0 Å². The molecular weight excluding hydrogens is 508 g/mol. The van der Waals surface area contributed by atoms with E-state index in [-0.39, 0.29) is 11.9 Å².